The van der Waals surface area contributed by atoms with Crippen LogP contribution in [0.2, 0.25) is 0 Å². The molecule has 0 unspecified atom stereocenters. The number of carbonyl (C=O) groups is 2. The molecule has 0 aromatic heterocycles. The molecule has 1 aliphatic rings. The van der Waals surface area contributed by atoms with Crippen LogP contribution in [0.1, 0.15) is 35.6 Å². The molecular weight excluding hydrogens is 464 g/mol. The van der Waals surface area contributed by atoms with Gasteiger partial charge in [0.15, 0.2) is 0 Å². The number of benzene rings is 3. The van der Waals surface area contributed by atoms with Crippen molar-refractivity contribution in [2.45, 2.75) is 25.3 Å². The molecule has 37 heavy (non-hydrogen) atoms. The summed E-state index contributed by atoms with van der Waals surface area (Å²) in [5.41, 5.74) is 3.11. The Morgan fingerprint density at radius 3 is 2.08 bits per heavy atom. The standard InChI is InChI=1S/C31H34N2O4/c1-36-27-13-8-24(9-14-27)22-29(25-11-15-28(37-2)16-12-25)32-31(35)26-18-20-33(21-19-26)30(34)17-10-23-6-4-3-5-7-23/h3-17,26,29H,18-22H2,1-2H3,(H,32,35)/b17-10+/t29-/m1/s1. The monoisotopic (exact) mass is 498 g/mol. The summed E-state index contributed by atoms with van der Waals surface area (Å²) in [6.07, 6.45) is 5.40. The molecule has 0 aliphatic carbocycles. The van der Waals surface area contributed by atoms with Crippen molar-refractivity contribution in [3.05, 3.63) is 102 Å². The van der Waals surface area contributed by atoms with Gasteiger partial charge in [0, 0.05) is 25.1 Å². The number of methoxy groups -OCH3 is 2. The minimum Gasteiger partial charge on any atom is -0.497 e. The van der Waals surface area contributed by atoms with Crippen LogP contribution < -0.4 is 14.8 Å². The van der Waals surface area contributed by atoms with Crippen LogP contribution in [-0.4, -0.2) is 44.0 Å². The van der Waals surface area contributed by atoms with Crippen molar-refractivity contribution in [2.24, 2.45) is 5.92 Å². The van der Waals surface area contributed by atoms with Gasteiger partial charge in [-0.3, -0.25) is 9.59 Å². The Bertz CT molecular complexity index is 1180. The highest BCUT2D eigenvalue weighted by Gasteiger charge is 2.28. The number of hydrogen-bond donors (Lipinski definition) is 1. The highest BCUT2D eigenvalue weighted by atomic mass is 16.5. The third-order valence-corrected chi connectivity index (χ3v) is 6.83. The topological polar surface area (TPSA) is 67.9 Å². The van der Waals surface area contributed by atoms with Crippen LogP contribution in [0.5, 0.6) is 11.5 Å². The van der Waals surface area contributed by atoms with E-state index < -0.39 is 0 Å². The first-order valence-corrected chi connectivity index (χ1v) is 12.6. The van der Waals surface area contributed by atoms with Crippen LogP contribution in [0.15, 0.2) is 84.9 Å². The van der Waals surface area contributed by atoms with Gasteiger partial charge in [0.25, 0.3) is 0 Å². The van der Waals surface area contributed by atoms with Crippen molar-refractivity contribution in [3.8, 4) is 11.5 Å². The molecule has 1 heterocycles. The van der Waals surface area contributed by atoms with Crippen molar-refractivity contribution in [2.75, 3.05) is 27.3 Å². The number of rotatable bonds is 9. The third-order valence-electron chi connectivity index (χ3n) is 6.83. The highest BCUT2D eigenvalue weighted by Crippen LogP contribution is 2.25. The smallest absolute Gasteiger partial charge is 0.246 e. The molecule has 4 rings (SSSR count). The highest BCUT2D eigenvalue weighted by molar-refractivity contribution is 5.92. The lowest BCUT2D eigenvalue weighted by Gasteiger charge is -2.32. The summed E-state index contributed by atoms with van der Waals surface area (Å²) < 4.78 is 10.6. The predicted molar refractivity (Wildman–Crippen MR) is 145 cm³/mol. The van der Waals surface area contributed by atoms with E-state index >= 15 is 0 Å². The van der Waals surface area contributed by atoms with E-state index in [9.17, 15) is 9.59 Å². The predicted octanol–water partition coefficient (Wildman–Crippen LogP) is 5.06. The van der Waals surface area contributed by atoms with E-state index in [1.165, 1.54) is 0 Å². The lowest BCUT2D eigenvalue weighted by atomic mass is 9.93. The fourth-order valence-corrected chi connectivity index (χ4v) is 4.57. The van der Waals surface area contributed by atoms with Crippen molar-refractivity contribution in [1.82, 2.24) is 10.2 Å². The fraction of sp³-hybridized carbons (Fsp3) is 0.290. The van der Waals surface area contributed by atoms with Crippen molar-refractivity contribution in [3.63, 3.8) is 0 Å². The fourth-order valence-electron chi connectivity index (χ4n) is 4.57. The molecule has 1 saturated heterocycles. The molecule has 192 valence electrons. The van der Waals surface area contributed by atoms with Crippen LogP contribution in [0.25, 0.3) is 6.08 Å². The van der Waals surface area contributed by atoms with E-state index in [-0.39, 0.29) is 23.8 Å². The number of ether oxygens (including phenoxy) is 2. The van der Waals surface area contributed by atoms with Crippen LogP contribution in [-0.2, 0) is 16.0 Å². The van der Waals surface area contributed by atoms with E-state index in [1.54, 1.807) is 20.3 Å². The van der Waals surface area contributed by atoms with Crippen LogP contribution in [0.4, 0.5) is 0 Å². The molecule has 1 aliphatic heterocycles. The maximum absolute atomic E-state index is 13.3. The summed E-state index contributed by atoms with van der Waals surface area (Å²) in [6, 6.07) is 25.3. The molecule has 3 aromatic carbocycles. The lowest BCUT2D eigenvalue weighted by Crippen LogP contribution is -2.43. The first kappa shape index (κ1) is 26.0. The zero-order chi connectivity index (χ0) is 26.0. The molecule has 0 spiro atoms. The van der Waals surface area contributed by atoms with E-state index in [4.69, 9.17) is 9.47 Å². The van der Waals surface area contributed by atoms with Gasteiger partial charge in [0.05, 0.1) is 20.3 Å². The van der Waals surface area contributed by atoms with Crippen molar-refractivity contribution < 1.29 is 19.1 Å². The van der Waals surface area contributed by atoms with Gasteiger partial charge in [-0.25, -0.2) is 0 Å². The van der Waals surface area contributed by atoms with Gasteiger partial charge in [-0.1, -0.05) is 54.6 Å². The van der Waals surface area contributed by atoms with Gasteiger partial charge in [-0.2, -0.15) is 0 Å². The van der Waals surface area contributed by atoms with Crippen LogP contribution in [0.3, 0.4) is 0 Å². The summed E-state index contributed by atoms with van der Waals surface area (Å²) in [7, 11) is 3.29. The van der Waals surface area contributed by atoms with E-state index in [2.05, 4.69) is 5.32 Å². The molecule has 6 nitrogen and oxygen atoms in total. The average molecular weight is 499 g/mol. The van der Waals surface area contributed by atoms with Gasteiger partial charge in [0.1, 0.15) is 11.5 Å². The largest absolute Gasteiger partial charge is 0.497 e. The van der Waals surface area contributed by atoms with E-state index in [0.29, 0.717) is 32.4 Å². The number of piperidine rings is 1. The average Bonchev–Trinajstić information content (AvgIpc) is 2.96. The Labute approximate surface area is 218 Å². The molecule has 0 radical (unpaired) electrons. The SMILES string of the molecule is COc1ccc(C[C@@H](NC(=O)C2CCN(C(=O)/C=C/c3ccccc3)CC2)c2ccc(OC)cc2)cc1. The number of amides is 2. The summed E-state index contributed by atoms with van der Waals surface area (Å²) in [5, 5.41) is 3.28. The van der Waals surface area contributed by atoms with Crippen molar-refractivity contribution in [1.29, 1.82) is 0 Å². The number of nitrogens with one attached hydrogen (secondary N) is 1. The maximum Gasteiger partial charge on any atom is 0.246 e. The van der Waals surface area contributed by atoms with E-state index in [0.717, 1.165) is 28.2 Å². The van der Waals surface area contributed by atoms with Gasteiger partial charge < -0.3 is 19.7 Å². The molecule has 1 atom stereocenters. The minimum absolute atomic E-state index is 0.0154. The summed E-state index contributed by atoms with van der Waals surface area (Å²) >= 11 is 0. The zero-order valence-electron chi connectivity index (χ0n) is 21.4. The van der Waals surface area contributed by atoms with Gasteiger partial charge in [0.2, 0.25) is 11.8 Å². The molecule has 1 fully saturated rings. The number of carbonyl (C=O) groups excluding carboxylic acids is 2. The molecule has 1 N–H and O–H groups in total. The second kappa shape index (κ2) is 12.8. The second-order valence-electron chi connectivity index (χ2n) is 9.23. The molecule has 3 aromatic rings. The number of nitrogens with zero attached hydrogens (tertiary/aromatic N) is 1. The minimum atomic E-state index is -0.180. The molecule has 2 amide bonds. The van der Waals surface area contributed by atoms with E-state index in [1.807, 2.05) is 89.8 Å². The Kier molecular flexibility index (Phi) is 8.98. The summed E-state index contributed by atoms with van der Waals surface area (Å²) in [4.78, 5) is 27.8. The van der Waals surface area contributed by atoms with Gasteiger partial charge in [-0.05, 0) is 66.3 Å². The normalized spacial score (nSPS) is 14.8. The summed E-state index contributed by atoms with van der Waals surface area (Å²) in [6.45, 7) is 1.14. The summed E-state index contributed by atoms with van der Waals surface area (Å²) in [5.74, 6) is 1.46. The van der Waals surface area contributed by atoms with Gasteiger partial charge >= 0.3 is 0 Å². The molecule has 6 heteroatoms. The number of hydrogen-bond acceptors (Lipinski definition) is 4. The number of likely N-dealkylation sites (tertiary alicyclic amines) is 1. The Balaban J connectivity index is 1.38. The lowest BCUT2D eigenvalue weighted by molar-refractivity contribution is -0.132. The molecular formula is C31H34N2O4. The third kappa shape index (κ3) is 7.23. The van der Waals surface area contributed by atoms with Gasteiger partial charge in [-0.15, -0.1) is 0 Å². The molecule has 0 bridgehead atoms. The zero-order valence-corrected chi connectivity index (χ0v) is 21.4. The van der Waals surface area contributed by atoms with Crippen molar-refractivity contribution >= 4 is 17.9 Å². The Morgan fingerprint density at radius 2 is 1.49 bits per heavy atom. The first-order valence-electron chi connectivity index (χ1n) is 12.6. The first-order chi connectivity index (χ1) is 18.1. The quantitative estimate of drug-likeness (QED) is 0.419. The Morgan fingerprint density at radius 1 is 0.892 bits per heavy atom. The van der Waals surface area contributed by atoms with Crippen LogP contribution in [0, 0.1) is 5.92 Å². The van der Waals surface area contributed by atoms with Crippen LogP contribution >= 0.6 is 0 Å². The molecule has 0 saturated carbocycles. The Hall–Kier alpha value is -4.06. The second-order valence-corrected chi connectivity index (χ2v) is 9.23. The maximum atomic E-state index is 13.3.